The normalized spacial score (nSPS) is 15.3. The number of azo groups is 1. The van der Waals surface area contributed by atoms with E-state index in [-0.39, 0.29) is 27.8 Å². The molecule has 3 rings (SSSR count). The Morgan fingerprint density at radius 1 is 0.947 bits per heavy atom. The summed E-state index contributed by atoms with van der Waals surface area (Å²) in [5.74, 6) is -0.564. The third-order valence-corrected chi connectivity index (χ3v) is 6.44. The molecule has 0 bridgehead atoms. The molecule has 15 nitrogen and oxygen atoms in total. The Kier molecular flexibility index (Phi) is 8.89. The second-order valence-electron chi connectivity index (χ2n) is 8.10. The fourth-order valence-corrected chi connectivity index (χ4v) is 4.21. The molecule has 0 aliphatic carbocycles. The van der Waals surface area contributed by atoms with Gasteiger partial charge in [0.05, 0.1) is 29.4 Å². The summed E-state index contributed by atoms with van der Waals surface area (Å²) in [5, 5.41) is 80.4. The van der Waals surface area contributed by atoms with Crippen molar-refractivity contribution in [2.45, 2.75) is 29.3 Å². The number of anilines is 1. The summed E-state index contributed by atoms with van der Waals surface area (Å²) < 4.78 is 33.3. The highest BCUT2D eigenvalue weighted by molar-refractivity contribution is 7.86. The number of hydrogen-bond acceptors (Lipinski definition) is 13. The number of phenols is 1. The quantitative estimate of drug-likeness (QED) is 0.0716. The van der Waals surface area contributed by atoms with Crippen LogP contribution in [-0.2, 0) is 10.1 Å². The van der Waals surface area contributed by atoms with Crippen molar-refractivity contribution in [3.63, 3.8) is 0 Å². The van der Waals surface area contributed by atoms with Crippen LogP contribution in [0.25, 0.3) is 10.8 Å². The van der Waals surface area contributed by atoms with Crippen molar-refractivity contribution in [1.82, 2.24) is 0 Å². The van der Waals surface area contributed by atoms with Gasteiger partial charge in [0.2, 0.25) is 0 Å². The first-order valence-electron chi connectivity index (χ1n) is 10.8. The van der Waals surface area contributed by atoms with Gasteiger partial charge < -0.3 is 36.0 Å². The Labute approximate surface area is 214 Å². The van der Waals surface area contributed by atoms with Gasteiger partial charge in [0.15, 0.2) is 0 Å². The number of nitro benzene ring substituents is 1. The first kappa shape index (κ1) is 28.8. The zero-order chi connectivity index (χ0) is 28.2. The number of nitrogens with zero attached hydrogens (tertiary/aromatic N) is 3. The Hall–Kier alpha value is -3.77. The predicted molar refractivity (Wildman–Crippen MR) is 132 cm³/mol. The lowest BCUT2D eigenvalue weighted by molar-refractivity contribution is -0.384. The molecule has 0 heterocycles. The van der Waals surface area contributed by atoms with Crippen molar-refractivity contribution in [2.75, 3.05) is 18.5 Å². The number of hydrogen-bond donors (Lipinski definition) is 8. The number of rotatable bonds is 11. The van der Waals surface area contributed by atoms with Crippen molar-refractivity contribution in [3.05, 3.63) is 58.6 Å². The lowest BCUT2D eigenvalue weighted by atomic mass is 10.0. The maximum absolute atomic E-state index is 11.9. The molecule has 0 aromatic heterocycles. The molecule has 0 aliphatic heterocycles. The summed E-state index contributed by atoms with van der Waals surface area (Å²) in [5.41, 5.74) is -0.476. The van der Waals surface area contributed by atoms with Gasteiger partial charge >= 0.3 is 0 Å². The first-order valence-corrected chi connectivity index (χ1v) is 12.3. The Morgan fingerprint density at radius 2 is 1.63 bits per heavy atom. The summed E-state index contributed by atoms with van der Waals surface area (Å²) in [6.45, 7) is -1.29. The second-order valence-corrected chi connectivity index (χ2v) is 9.49. The molecule has 4 unspecified atom stereocenters. The van der Waals surface area contributed by atoms with E-state index in [1.165, 1.54) is 24.3 Å². The number of benzene rings is 3. The minimum absolute atomic E-state index is 0.0385. The molecule has 0 spiro atoms. The average Bonchev–Trinajstić information content (AvgIpc) is 2.88. The Bertz CT molecular complexity index is 1470. The number of aromatic hydroxyl groups is 1. The highest BCUT2D eigenvalue weighted by Gasteiger charge is 2.30. The first-order chi connectivity index (χ1) is 17.8. The van der Waals surface area contributed by atoms with Crippen molar-refractivity contribution < 1.29 is 48.5 Å². The number of aliphatic hydroxyl groups is 5. The molecule has 0 amide bonds. The minimum atomic E-state index is -4.64. The maximum atomic E-state index is 11.9. The summed E-state index contributed by atoms with van der Waals surface area (Å²) in [6.07, 6.45) is -7.10. The number of nitro groups is 1. The zero-order valence-corrected chi connectivity index (χ0v) is 20.2. The van der Waals surface area contributed by atoms with Crippen molar-refractivity contribution in [3.8, 4) is 5.75 Å². The standard InChI is InChI=1S/C22H24N4O11S/c27-10-18(30)22(32)21(31)17(29)9-23-15-7-5-12-13(2-1-3-19(12)38(35,36)37)20(15)25-24-14-6-4-11(26(33)34)8-16(14)28/h1-8,17-18,21-23,27-32H,9-10H2,(H,35,36,37). The summed E-state index contributed by atoms with van der Waals surface area (Å²) >= 11 is 0. The van der Waals surface area contributed by atoms with E-state index >= 15 is 0 Å². The minimum Gasteiger partial charge on any atom is -0.505 e. The number of phenolic OH excluding ortho intramolecular Hbond substituents is 1. The molecule has 0 aliphatic rings. The van der Waals surface area contributed by atoms with Gasteiger partial charge in [-0.25, -0.2) is 0 Å². The van der Waals surface area contributed by atoms with Gasteiger partial charge in [0.1, 0.15) is 40.3 Å². The van der Waals surface area contributed by atoms with Crippen LogP contribution in [0.2, 0.25) is 0 Å². The van der Waals surface area contributed by atoms with E-state index in [1.807, 2.05) is 0 Å². The number of nitrogens with one attached hydrogen (secondary N) is 1. The van der Waals surface area contributed by atoms with Crippen LogP contribution in [0, 0.1) is 10.1 Å². The van der Waals surface area contributed by atoms with Crippen LogP contribution in [0.1, 0.15) is 0 Å². The van der Waals surface area contributed by atoms with E-state index in [0.29, 0.717) is 0 Å². The van der Waals surface area contributed by atoms with Crippen molar-refractivity contribution >= 4 is 43.6 Å². The third kappa shape index (κ3) is 6.37. The summed E-state index contributed by atoms with van der Waals surface area (Å²) in [6, 6.07) is 9.66. The van der Waals surface area contributed by atoms with Crippen molar-refractivity contribution in [2.24, 2.45) is 10.2 Å². The molecule has 204 valence electrons. The maximum Gasteiger partial charge on any atom is 0.295 e. The molecule has 0 radical (unpaired) electrons. The van der Waals surface area contributed by atoms with Gasteiger partial charge in [-0.3, -0.25) is 14.7 Å². The number of fused-ring (bicyclic) bond motifs is 1. The van der Waals surface area contributed by atoms with Crippen LogP contribution in [0.5, 0.6) is 5.75 Å². The molecule has 38 heavy (non-hydrogen) atoms. The summed E-state index contributed by atoms with van der Waals surface area (Å²) in [4.78, 5) is 9.74. The highest BCUT2D eigenvalue weighted by Crippen LogP contribution is 2.39. The number of non-ortho nitro benzene ring substituents is 1. The SMILES string of the molecule is O=[N+]([O-])c1ccc(N=Nc2c(NCC(O)C(O)C(O)C(O)CO)ccc3c(S(=O)(=O)O)cccc23)c(O)c1. The van der Waals surface area contributed by atoms with Crippen LogP contribution in [0.4, 0.5) is 22.7 Å². The zero-order valence-electron chi connectivity index (χ0n) is 19.4. The molecular weight excluding hydrogens is 528 g/mol. The van der Waals surface area contributed by atoms with Crippen LogP contribution in [0.15, 0.2) is 63.7 Å². The molecule has 8 N–H and O–H groups in total. The topological polar surface area (TPSA) is 256 Å². The van der Waals surface area contributed by atoms with Crippen molar-refractivity contribution in [1.29, 1.82) is 0 Å². The molecule has 16 heteroatoms. The van der Waals surface area contributed by atoms with E-state index in [4.69, 9.17) is 5.11 Å². The van der Waals surface area contributed by atoms with E-state index in [2.05, 4.69) is 15.5 Å². The highest BCUT2D eigenvalue weighted by atomic mass is 32.2. The molecular formula is C22H24N4O11S. The van der Waals surface area contributed by atoms with Gasteiger partial charge in [0, 0.05) is 23.4 Å². The Morgan fingerprint density at radius 3 is 2.24 bits per heavy atom. The van der Waals surface area contributed by atoms with E-state index in [1.54, 1.807) is 0 Å². The molecule has 3 aromatic rings. The second kappa shape index (κ2) is 11.7. The monoisotopic (exact) mass is 552 g/mol. The molecule has 4 atom stereocenters. The number of aliphatic hydroxyl groups excluding tert-OH is 5. The smallest absolute Gasteiger partial charge is 0.295 e. The third-order valence-electron chi connectivity index (χ3n) is 5.53. The van der Waals surface area contributed by atoms with E-state index in [9.17, 15) is 48.6 Å². The van der Waals surface area contributed by atoms with E-state index < -0.39 is 68.9 Å². The van der Waals surface area contributed by atoms with Gasteiger partial charge in [-0.15, -0.1) is 10.2 Å². The van der Waals surface area contributed by atoms with Gasteiger partial charge in [-0.2, -0.15) is 8.42 Å². The lowest BCUT2D eigenvalue weighted by Crippen LogP contribution is -2.48. The predicted octanol–water partition coefficient (Wildman–Crippen LogP) is 0.963. The van der Waals surface area contributed by atoms with E-state index in [0.717, 1.165) is 24.3 Å². The van der Waals surface area contributed by atoms with Crippen LogP contribution in [-0.4, -0.2) is 86.1 Å². The lowest BCUT2D eigenvalue weighted by Gasteiger charge is -2.26. The van der Waals surface area contributed by atoms with Crippen LogP contribution >= 0.6 is 0 Å². The summed E-state index contributed by atoms with van der Waals surface area (Å²) in [7, 11) is -4.64. The molecule has 0 saturated heterocycles. The largest absolute Gasteiger partial charge is 0.505 e. The average molecular weight is 553 g/mol. The van der Waals surface area contributed by atoms with Gasteiger partial charge in [-0.1, -0.05) is 18.2 Å². The molecule has 0 fully saturated rings. The fourth-order valence-electron chi connectivity index (χ4n) is 3.50. The fraction of sp³-hybridized carbons (Fsp3) is 0.273. The molecule has 3 aromatic carbocycles. The van der Waals surface area contributed by atoms with Crippen LogP contribution < -0.4 is 5.32 Å². The Balaban J connectivity index is 2.04. The van der Waals surface area contributed by atoms with Gasteiger partial charge in [0.25, 0.3) is 15.8 Å². The van der Waals surface area contributed by atoms with Crippen LogP contribution in [0.3, 0.4) is 0 Å². The molecule has 0 saturated carbocycles. The van der Waals surface area contributed by atoms with Gasteiger partial charge in [-0.05, 0) is 18.2 Å².